The van der Waals surface area contributed by atoms with E-state index in [0.717, 1.165) is 20.1 Å². The van der Waals surface area contributed by atoms with Crippen LogP contribution in [0.5, 0.6) is 5.75 Å². The van der Waals surface area contributed by atoms with Gasteiger partial charge in [-0.05, 0) is 46.3 Å². The van der Waals surface area contributed by atoms with Crippen LogP contribution in [0, 0.1) is 0 Å². The Morgan fingerprint density at radius 1 is 1.24 bits per heavy atom. The van der Waals surface area contributed by atoms with Gasteiger partial charge in [0.2, 0.25) is 0 Å². The van der Waals surface area contributed by atoms with Gasteiger partial charge in [0.1, 0.15) is 23.1 Å². The van der Waals surface area contributed by atoms with E-state index in [2.05, 4.69) is 46.9 Å². The molecule has 8 heteroatoms. The lowest BCUT2D eigenvalue weighted by molar-refractivity contribution is 0.471. The summed E-state index contributed by atoms with van der Waals surface area (Å²) in [6, 6.07) is 10.9. The van der Waals surface area contributed by atoms with Crippen LogP contribution in [0.1, 0.15) is 5.56 Å². The molecule has 0 radical (unpaired) electrons. The third kappa shape index (κ3) is 2.77. The highest BCUT2D eigenvalue weighted by molar-refractivity contribution is 9.10. The van der Waals surface area contributed by atoms with Crippen molar-refractivity contribution in [2.75, 3.05) is 0 Å². The van der Waals surface area contributed by atoms with E-state index < -0.39 is 0 Å². The van der Waals surface area contributed by atoms with Crippen LogP contribution in [-0.4, -0.2) is 26.0 Å². The molecule has 2 aromatic heterocycles. The van der Waals surface area contributed by atoms with Gasteiger partial charge in [0.05, 0.1) is 10.7 Å². The number of H-pyrrole nitrogens is 1. The first-order chi connectivity index (χ1) is 12.0. The molecule has 2 aromatic carbocycles. The molecule has 0 atom stereocenters. The first-order valence-electron chi connectivity index (χ1n) is 7.25. The van der Waals surface area contributed by atoms with Crippen molar-refractivity contribution >= 4 is 60.0 Å². The number of hydrogen-bond donors (Lipinski definition) is 2. The van der Waals surface area contributed by atoms with Crippen molar-refractivity contribution in [2.45, 2.75) is 0 Å². The summed E-state index contributed by atoms with van der Waals surface area (Å²) in [7, 11) is 0. The highest BCUT2D eigenvalue weighted by atomic mass is 79.9. The smallest absolute Gasteiger partial charge is 0.298 e. The summed E-state index contributed by atoms with van der Waals surface area (Å²) in [5, 5.41) is 15.0. The van der Waals surface area contributed by atoms with Crippen LogP contribution >= 0.6 is 31.9 Å². The van der Waals surface area contributed by atoms with Gasteiger partial charge in [-0.1, -0.05) is 22.0 Å². The second-order valence-electron chi connectivity index (χ2n) is 5.36. The molecule has 2 heterocycles. The van der Waals surface area contributed by atoms with Crippen LogP contribution in [-0.2, 0) is 0 Å². The van der Waals surface area contributed by atoms with Gasteiger partial charge in [-0.3, -0.25) is 4.79 Å². The molecule has 0 saturated heterocycles. The van der Waals surface area contributed by atoms with Gasteiger partial charge < -0.3 is 10.1 Å². The number of benzene rings is 2. The van der Waals surface area contributed by atoms with E-state index in [9.17, 15) is 9.90 Å². The van der Waals surface area contributed by atoms with Crippen LogP contribution in [0.15, 0.2) is 61.6 Å². The molecule has 0 aliphatic heterocycles. The van der Waals surface area contributed by atoms with E-state index in [1.807, 2.05) is 18.2 Å². The normalized spacial score (nSPS) is 11.8. The zero-order chi connectivity index (χ0) is 17.6. The number of aromatic amines is 1. The number of rotatable bonds is 2. The molecule has 124 valence electrons. The Balaban J connectivity index is 1.85. The predicted octanol–water partition coefficient (Wildman–Crippen LogP) is 3.99. The number of nitrogens with zero attached hydrogens (tertiary/aromatic N) is 3. The fourth-order valence-corrected chi connectivity index (χ4v) is 3.30. The van der Waals surface area contributed by atoms with Crippen molar-refractivity contribution < 1.29 is 5.11 Å². The fourth-order valence-electron chi connectivity index (χ4n) is 2.56. The number of aromatic nitrogens is 3. The Morgan fingerprint density at radius 3 is 2.92 bits per heavy atom. The quantitative estimate of drug-likeness (QED) is 0.442. The maximum absolute atomic E-state index is 12.7. The second-order valence-corrected chi connectivity index (χ2v) is 7.13. The molecule has 6 nitrogen and oxygen atoms in total. The molecule has 0 unspecified atom stereocenters. The van der Waals surface area contributed by atoms with Gasteiger partial charge in [0.25, 0.3) is 5.56 Å². The maximum Gasteiger partial charge on any atom is 0.298 e. The Bertz CT molecular complexity index is 1210. The molecule has 0 aliphatic carbocycles. The second kappa shape index (κ2) is 6.12. The zero-order valence-corrected chi connectivity index (χ0v) is 15.7. The van der Waals surface area contributed by atoms with E-state index in [4.69, 9.17) is 0 Å². The number of phenols is 1. The largest absolute Gasteiger partial charge is 0.506 e. The van der Waals surface area contributed by atoms with Crippen molar-refractivity contribution in [3.05, 3.63) is 67.6 Å². The summed E-state index contributed by atoms with van der Waals surface area (Å²) in [4.78, 5) is 20.1. The van der Waals surface area contributed by atoms with Gasteiger partial charge in [-0.2, -0.15) is 9.78 Å². The van der Waals surface area contributed by atoms with E-state index in [1.165, 1.54) is 12.5 Å². The van der Waals surface area contributed by atoms with E-state index in [0.29, 0.717) is 21.1 Å². The molecule has 0 saturated carbocycles. The first-order valence-corrected chi connectivity index (χ1v) is 8.83. The standard InChI is InChI=1S/C17H10Br2N4O2/c18-10-4-5-13-11(6-10)14-15(22-13)17(25)23(8-20-14)21-7-9-2-1-3-12(19)16(9)24/h1-8,22,24H/b21-7+. The number of hydrogen-bond acceptors (Lipinski definition) is 4. The summed E-state index contributed by atoms with van der Waals surface area (Å²) >= 11 is 6.67. The Morgan fingerprint density at radius 2 is 2.08 bits per heavy atom. The van der Waals surface area contributed by atoms with Crippen molar-refractivity contribution in [1.29, 1.82) is 0 Å². The topological polar surface area (TPSA) is 83.3 Å². The summed E-state index contributed by atoms with van der Waals surface area (Å²) in [5.41, 5.74) is 1.98. The summed E-state index contributed by atoms with van der Waals surface area (Å²) in [5.74, 6) is 0.0591. The van der Waals surface area contributed by atoms with E-state index >= 15 is 0 Å². The van der Waals surface area contributed by atoms with Gasteiger partial charge in [0, 0.05) is 20.9 Å². The zero-order valence-electron chi connectivity index (χ0n) is 12.6. The van der Waals surface area contributed by atoms with Crippen LogP contribution in [0.4, 0.5) is 0 Å². The molecular formula is C17H10Br2N4O2. The molecule has 4 rings (SSSR count). The minimum absolute atomic E-state index is 0.0591. The fraction of sp³-hybridized carbons (Fsp3) is 0. The van der Waals surface area contributed by atoms with E-state index in [1.54, 1.807) is 18.2 Å². The number of halogens is 2. The minimum Gasteiger partial charge on any atom is -0.506 e. The SMILES string of the molecule is O=c1c2[nH]c3ccc(Br)cc3c2ncn1/N=C/c1cccc(Br)c1O. The van der Waals surface area contributed by atoms with E-state index in [-0.39, 0.29) is 11.3 Å². The average molecular weight is 462 g/mol. The lowest BCUT2D eigenvalue weighted by atomic mass is 10.2. The van der Waals surface area contributed by atoms with Gasteiger partial charge in [-0.15, -0.1) is 0 Å². The molecule has 0 amide bonds. The molecule has 2 N–H and O–H groups in total. The molecule has 0 spiro atoms. The lowest BCUT2D eigenvalue weighted by Crippen LogP contribution is -2.17. The van der Waals surface area contributed by atoms with Crippen LogP contribution in [0.2, 0.25) is 0 Å². The summed E-state index contributed by atoms with van der Waals surface area (Å²) in [6.45, 7) is 0. The van der Waals surface area contributed by atoms with Crippen LogP contribution < -0.4 is 5.56 Å². The first kappa shape index (κ1) is 16.0. The third-order valence-electron chi connectivity index (χ3n) is 3.79. The highest BCUT2D eigenvalue weighted by Crippen LogP contribution is 2.26. The van der Waals surface area contributed by atoms with Crippen LogP contribution in [0.3, 0.4) is 0 Å². The summed E-state index contributed by atoms with van der Waals surface area (Å²) < 4.78 is 2.60. The number of para-hydroxylation sites is 1. The maximum atomic E-state index is 12.7. The Hall–Kier alpha value is -2.45. The van der Waals surface area contributed by atoms with Gasteiger partial charge in [-0.25, -0.2) is 4.98 Å². The highest BCUT2D eigenvalue weighted by Gasteiger charge is 2.11. The number of nitrogens with one attached hydrogen (secondary N) is 1. The number of phenolic OH excluding ortho intramolecular Hbond substituents is 1. The average Bonchev–Trinajstić information content (AvgIpc) is 2.96. The molecular weight excluding hydrogens is 452 g/mol. The molecule has 0 bridgehead atoms. The van der Waals surface area contributed by atoms with Crippen molar-refractivity contribution in [1.82, 2.24) is 14.6 Å². The van der Waals surface area contributed by atoms with Gasteiger partial charge >= 0.3 is 0 Å². The molecule has 4 aromatic rings. The Kier molecular flexibility index (Phi) is 3.93. The monoisotopic (exact) mass is 460 g/mol. The molecule has 25 heavy (non-hydrogen) atoms. The molecule has 0 fully saturated rings. The number of aromatic hydroxyl groups is 1. The predicted molar refractivity (Wildman–Crippen MR) is 104 cm³/mol. The third-order valence-corrected chi connectivity index (χ3v) is 4.92. The summed E-state index contributed by atoms with van der Waals surface area (Å²) in [6.07, 6.45) is 2.78. The Labute approximate surface area is 158 Å². The molecule has 0 aliphatic rings. The minimum atomic E-state index is -0.317. The van der Waals surface area contributed by atoms with Crippen molar-refractivity contribution in [3.63, 3.8) is 0 Å². The van der Waals surface area contributed by atoms with Crippen molar-refractivity contribution in [3.8, 4) is 5.75 Å². The van der Waals surface area contributed by atoms with Crippen LogP contribution in [0.25, 0.3) is 21.9 Å². The number of fused-ring (bicyclic) bond motifs is 3. The lowest BCUT2D eigenvalue weighted by Gasteiger charge is -2.01. The van der Waals surface area contributed by atoms with Crippen molar-refractivity contribution in [2.24, 2.45) is 5.10 Å². The van der Waals surface area contributed by atoms with Gasteiger partial charge in [0.15, 0.2) is 0 Å².